The van der Waals surface area contributed by atoms with E-state index in [4.69, 9.17) is 4.74 Å². The zero-order valence-electron chi connectivity index (χ0n) is 19.5. The van der Waals surface area contributed by atoms with Crippen molar-refractivity contribution < 1.29 is 14.3 Å². The van der Waals surface area contributed by atoms with Gasteiger partial charge in [-0.2, -0.15) is 0 Å². The number of anilines is 1. The van der Waals surface area contributed by atoms with Crippen molar-refractivity contribution in [2.24, 2.45) is 4.99 Å². The van der Waals surface area contributed by atoms with Crippen LogP contribution in [-0.2, 0) is 9.53 Å². The van der Waals surface area contributed by atoms with Crippen LogP contribution in [0.15, 0.2) is 35.3 Å². The molecule has 1 heterocycles. The molecular formula is C22H37IN6O3. The molecule has 32 heavy (non-hydrogen) atoms. The lowest BCUT2D eigenvalue weighted by Gasteiger charge is -2.36. The fourth-order valence-electron chi connectivity index (χ4n) is 3.18. The summed E-state index contributed by atoms with van der Waals surface area (Å²) in [6.07, 6.45) is -0.0439. The molecule has 180 valence electrons. The molecule has 0 aromatic heterocycles. The Hall–Kier alpha value is -2.24. The first-order valence-electron chi connectivity index (χ1n) is 10.8. The lowest BCUT2D eigenvalue weighted by Crippen LogP contribution is -2.49. The number of amides is 2. The molecule has 1 aliphatic rings. The minimum atomic E-state index is -0.518. The van der Waals surface area contributed by atoms with Crippen LogP contribution in [0.2, 0.25) is 0 Å². The van der Waals surface area contributed by atoms with Crippen molar-refractivity contribution in [3.8, 4) is 0 Å². The monoisotopic (exact) mass is 560 g/mol. The van der Waals surface area contributed by atoms with E-state index >= 15 is 0 Å². The average Bonchev–Trinajstić information content (AvgIpc) is 2.74. The zero-order chi connectivity index (χ0) is 22.7. The number of aliphatic imine (C=N–C) groups is 1. The predicted molar refractivity (Wildman–Crippen MR) is 139 cm³/mol. The predicted octanol–water partition coefficient (Wildman–Crippen LogP) is 2.03. The number of carbonyl (C=O) groups is 2. The van der Waals surface area contributed by atoms with Gasteiger partial charge in [0.2, 0.25) is 5.91 Å². The summed E-state index contributed by atoms with van der Waals surface area (Å²) >= 11 is 0. The van der Waals surface area contributed by atoms with E-state index in [0.717, 1.165) is 26.2 Å². The number of hydrogen-bond acceptors (Lipinski definition) is 5. The number of ether oxygens (including phenoxy) is 1. The standard InChI is InChI=1S/C22H36N6O3.HI/c1-22(2,3)31-21(30)26-13-12-25-20(23-4)24-11-10-19(29)28-16-14-27(15-17-28)18-8-6-5-7-9-18;/h5-9H,10-17H2,1-4H3,(H,26,30)(H2,23,24,25);1H. The number of hydrogen-bond donors (Lipinski definition) is 3. The Morgan fingerprint density at radius 2 is 1.56 bits per heavy atom. The molecule has 0 aliphatic carbocycles. The molecule has 0 atom stereocenters. The Balaban J connectivity index is 0.00000512. The number of guanidine groups is 1. The van der Waals surface area contributed by atoms with Gasteiger partial charge in [0, 0.05) is 65.0 Å². The molecule has 0 saturated carbocycles. The molecule has 0 spiro atoms. The van der Waals surface area contributed by atoms with E-state index in [1.165, 1.54) is 5.69 Å². The molecule has 0 unspecified atom stereocenters. The SMILES string of the molecule is CN=C(NCCNC(=O)OC(C)(C)C)NCCC(=O)N1CCN(c2ccccc2)CC1.I. The van der Waals surface area contributed by atoms with Gasteiger partial charge in [-0.15, -0.1) is 24.0 Å². The Labute approximate surface area is 208 Å². The number of alkyl carbamates (subject to hydrolysis) is 1. The Bertz CT molecular complexity index is 731. The third-order valence-electron chi connectivity index (χ3n) is 4.69. The van der Waals surface area contributed by atoms with E-state index in [0.29, 0.717) is 32.0 Å². The molecule has 3 N–H and O–H groups in total. The second kappa shape index (κ2) is 14.0. The maximum atomic E-state index is 12.5. The van der Waals surface area contributed by atoms with E-state index in [1.54, 1.807) is 7.05 Å². The second-order valence-corrected chi connectivity index (χ2v) is 8.31. The van der Waals surface area contributed by atoms with Crippen LogP contribution in [0, 0.1) is 0 Å². The minimum absolute atomic E-state index is 0. The highest BCUT2D eigenvalue weighted by Crippen LogP contribution is 2.15. The molecule has 10 heteroatoms. The van der Waals surface area contributed by atoms with Gasteiger partial charge in [0.25, 0.3) is 0 Å². The molecule has 1 aliphatic heterocycles. The van der Waals surface area contributed by atoms with Crippen molar-refractivity contribution in [3.63, 3.8) is 0 Å². The summed E-state index contributed by atoms with van der Waals surface area (Å²) in [5, 5.41) is 8.92. The minimum Gasteiger partial charge on any atom is -0.444 e. The average molecular weight is 560 g/mol. The molecule has 0 radical (unpaired) electrons. The third-order valence-corrected chi connectivity index (χ3v) is 4.69. The topological polar surface area (TPSA) is 98.3 Å². The van der Waals surface area contributed by atoms with Crippen LogP contribution in [0.4, 0.5) is 10.5 Å². The van der Waals surface area contributed by atoms with E-state index in [1.807, 2.05) is 43.9 Å². The van der Waals surface area contributed by atoms with Crippen LogP contribution in [0.1, 0.15) is 27.2 Å². The third kappa shape index (κ3) is 10.4. The highest BCUT2D eigenvalue weighted by Gasteiger charge is 2.21. The van der Waals surface area contributed by atoms with Gasteiger partial charge in [0.1, 0.15) is 5.60 Å². The Morgan fingerprint density at radius 3 is 2.16 bits per heavy atom. The largest absolute Gasteiger partial charge is 0.444 e. The highest BCUT2D eigenvalue weighted by atomic mass is 127. The van der Waals surface area contributed by atoms with Gasteiger partial charge in [-0.3, -0.25) is 9.79 Å². The normalized spacial score (nSPS) is 14.3. The first-order valence-corrected chi connectivity index (χ1v) is 10.8. The first kappa shape index (κ1) is 27.8. The Kier molecular flexibility index (Phi) is 12.2. The van der Waals surface area contributed by atoms with Crippen molar-refractivity contribution in [1.29, 1.82) is 0 Å². The molecule has 0 bridgehead atoms. The summed E-state index contributed by atoms with van der Waals surface area (Å²) in [4.78, 5) is 32.5. The summed E-state index contributed by atoms with van der Waals surface area (Å²) in [5.74, 6) is 0.731. The molecule has 1 aromatic carbocycles. The van der Waals surface area contributed by atoms with Gasteiger partial charge in [0.05, 0.1) is 0 Å². The van der Waals surface area contributed by atoms with Gasteiger partial charge < -0.3 is 30.5 Å². The molecule has 1 aromatic rings. The maximum absolute atomic E-state index is 12.5. The smallest absolute Gasteiger partial charge is 0.407 e. The van der Waals surface area contributed by atoms with Crippen LogP contribution in [0.25, 0.3) is 0 Å². The molecule has 2 rings (SSSR count). The summed E-state index contributed by atoms with van der Waals surface area (Å²) in [6.45, 7) is 10.0. The van der Waals surface area contributed by atoms with Crippen LogP contribution in [0.3, 0.4) is 0 Å². The van der Waals surface area contributed by atoms with Crippen molar-refractivity contribution in [1.82, 2.24) is 20.9 Å². The number of nitrogens with one attached hydrogen (secondary N) is 3. The van der Waals surface area contributed by atoms with Crippen LogP contribution >= 0.6 is 24.0 Å². The zero-order valence-corrected chi connectivity index (χ0v) is 21.8. The van der Waals surface area contributed by atoms with E-state index in [9.17, 15) is 9.59 Å². The van der Waals surface area contributed by atoms with Crippen molar-refractivity contribution in [2.75, 3.05) is 57.8 Å². The van der Waals surface area contributed by atoms with Crippen LogP contribution in [0.5, 0.6) is 0 Å². The van der Waals surface area contributed by atoms with E-state index < -0.39 is 11.7 Å². The van der Waals surface area contributed by atoms with Crippen LogP contribution < -0.4 is 20.9 Å². The van der Waals surface area contributed by atoms with E-state index in [-0.39, 0.29) is 29.9 Å². The first-order chi connectivity index (χ1) is 14.8. The van der Waals surface area contributed by atoms with Crippen molar-refractivity contribution in [3.05, 3.63) is 30.3 Å². The number of benzene rings is 1. The van der Waals surface area contributed by atoms with Gasteiger partial charge in [-0.05, 0) is 32.9 Å². The van der Waals surface area contributed by atoms with Crippen molar-refractivity contribution in [2.45, 2.75) is 32.8 Å². The number of carbonyl (C=O) groups excluding carboxylic acids is 2. The summed E-state index contributed by atoms with van der Waals surface area (Å²) in [7, 11) is 1.67. The second-order valence-electron chi connectivity index (χ2n) is 8.31. The summed E-state index contributed by atoms with van der Waals surface area (Å²) in [6, 6.07) is 10.3. The number of rotatable bonds is 7. The van der Waals surface area contributed by atoms with Crippen molar-refractivity contribution >= 4 is 47.6 Å². The summed E-state index contributed by atoms with van der Waals surface area (Å²) in [5.41, 5.74) is 0.683. The molecule has 1 saturated heterocycles. The maximum Gasteiger partial charge on any atom is 0.407 e. The van der Waals surface area contributed by atoms with Crippen LogP contribution in [-0.4, -0.2) is 81.3 Å². The molecule has 9 nitrogen and oxygen atoms in total. The number of halogens is 1. The number of para-hydroxylation sites is 1. The number of piperazine rings is 1. The molecular weight excluding hydrogens is 523 g/mol. The Morgan fingerprint density at radius 1 is 0.969 bits per heavy atom. The van der Waals surface area contributed by atoms with Gasteiger partial charge >= 0.3 is 6.09 Å². The van der Waals surface area contributed by atoms with Gasteiger partial charge in [-0.1, -0.05) is 18.2 Å². The summed E-state index contributed by atoms with van der Waals surface area (Å²) < 4.78 is 5.18. The number of nitrogens with zero attached hydrogens (tertiary/aromatic N) is 3. The quantitative estimate of drug-likeness (QED) is 0.205. The van der Waals surface area contributed by atoms with Gasteiger partial charge in [0.15, 0.2) is 5.96 Å². The van der Waals surface area contributed by atoms with Gasteiger partial charge in [-0.25, -0.2) is 4.79 Å². The lowest BCUT2D eigenvalue weighted by molar-refractivity contribution is -0.131. The van der Waals surface area contributed by atoms with E-state index in [2.05, 4.69) is 38.0 Å². The highest BCUT2D eigenvalue weighted by molar-refractivity contribution is 14.0. The molecule has 2 amide bonds. The lowest BCUT2D eigenvalue weighted by atomic mass is 10.2. The fraction of sp³-hybridized carbons (Fsp3) is 0.591. The fourth-order valence-corrected chi connectivity index (χ4v) is 3.18. The molecule has 1 fully saturated rings.